The summed E-state index contributed by atoms with van der Waals surface area (Å²) in [7, 11) is 0. The number of nitrogens with one attached hydrogen (secondary N) is 3. The number of nitrogens with two attached hydrogens (primary N) is 1. The second-order valence-electron chi connectivity index (χ2n) is 8.01. The van der Waals surface area contributed by atoms with Crippen LogP contribution in [0.2, 0.25) is 5.02 Å². The van der Waals surface area contributed by atoms with Crippen LogP contribution in [0.1, 0.15) is 47.5 Å². The maximum atomic E-state index is 12.5. The fourth-order valence-corrected chi connectivity index (χ4v) is 5.07. The molecule has 0 spiro atoms. The first-order chi connectivity index (χ1) is 15.2. The van der Waals surface area contributed by atoms with E-state index >= 15 is 0 Å². The van der Waals surface area contributed by atoms with E-state index in [2.05, 4.69) is 20.9 Å². The normalized spacial score (nSPS) is 13.5. The molecule has 0 aliphatic carbocycles. The van der Waals surface area contributed by atoms with E-state index in [1.807, 2.05) is 13.8 Å². The van der Waals surface area contributed by atoms with Gasteiger partial charge in [-0.25, -0.2) is 4.79 Å². The largest absolute Gasteiger partial charge is 0.365 e. The minimum Gasteiger partial charge on any atom is -0.365 e. The molecule has 8 nitrogen and oxygen atoms in total. The van der Waals surface area contributed by atoms with Crippen LogP contribution in [0.4, 0.5) is 15.5 Å². The molecule has 0 bridgehead atoms. The third-order valence-electron chi connectivity index (χ3n) is 5.04. The number of carbonyl (C=O) groups is 3. The molecule has 1 aromatic carbocycles. The predicted molar refractivity (Wildman–Crippen MR) is 128 cm³/mol. The number of primary amides is 1. The van der Waals surface area contributed by atoms with E-state index in [-0.39, 0.29) is 11.9 Å². The highest BCUT2D eigenvalue weighted by Gasteiger charge is 2.27. The molecule has 5 N–H and O–H groups in total. The Morgan fingerprint density at radius 2 is 1.91 bits per heavy atom. The summed E-state index contributed by atoms with van der Waals surface area (Å²) < 4.78 is 0. The van der Waals surface area contributed by atoms with Crippen LogP contribution in [0.3, 0.4) is 0 Å². The molecular formula is C22H28ClN5O3S. The first kappa shape index (κ1) is 24.0. The standard InChI is InChI=1S/C22H28ClN5O3S/c1-13(2)25-18(29)4-3-10-28-11-9-16-17(12-28)32-21(19(16)20(24)30)27-22(31)26-15-7-5-14(23)6-8-15/h5-8,13H,3-4,9-12H2,1-2H3,(H2,24,30)(H,25,29)(H2,26,27,31). The Hall–Kier alpha value is -2.62. The van der Waals surface area contributed by atoms with Crippen molar-refractivity contribution in [3.05, 3.63) is 45.3 Å². The Bertz CT molecular complexity index is 990. The smallest absolute Gasteiger partial charge is 0.324 e. The highest BCUT2D eigenvalue weighted by molar-refractivity contribution is 7.17. The monoisotopic (exact) mass is 477 g/mol. The number of nitrogens with zero attached hydrogens (tertiary/aromatic N) is 1. The predicted octanol–water partition coefficient (Wildman–Crippen LogP) is 3.81. The average molecular weight is 478 g/mol. The van der Waals surface area contributed by atoms with Crippen LogP contribution in [0.15, 0.2) is 24.3 Å². The second kappa shape index (κ2) is 10.8. The van der Waals surface area contributed by atoms with Gasteiger partial charge in [-0.15, -0.1) is 11.3 Å². The zero-order valence-corrected chi connectivity index (χ0v) is 19.7. The first-order valence-corrected chi connectivity index (χ1v) is 11.7. The summed E-state index contributed by atoms with van der Waals surface area (Å²) in [5.74, 6) is -0.494. The Morgan fingerprint density at radius 1 is 1.19 bits per heavy atom. The zero-order valence-electron chi connectivity index (χ0n) is 18.2. The van der Waals surface area contributed by atoms with Gasteiger partial charge in [-0.1, -0.05) is 11.6 Å². The maximum Gasteiger partial charge on any atom is 0.324 e. The summed E-state index contributed by atoms with van der Waals surface area (Å²) in [5, 5.41) is 9.41. The number of anilines is 2. The molecule has 32 heavy (non-hydrogen) atoms. The highest BCUT2D eigenvalue weighted by atomic mass is 35.5. The summed E-state index contributed by atoms with van der Waals surface area (Å²) in [6.07, 6.45) is 1.91. The zero-order chi connectivity index (χ0) is 23.3. The molecule has 2 heterocycles. The van der Waals surface area contributed by atoms with Gasteiger partial charge in [-0.3, -0.25) is 19.8 Å². The summed E-state index contributed by atoms with van der Waals surface area (Å²) in [5.41, 5.74) is 7.51. The van der Waals surface area contributed by atoms with Crippen LogP contribution in [0, 0.1) is 0 Å². The van der Waals surface area contributed by atoms with Crippen LogP contribution >= 0.6 is 22.9 Å². The van der Waals surface area contributed by atoms with Gasteiger partial charge in [0.25, 0.3) is 5.91 Å². The fourth-order valence-electron chi connectivity index (χ4n) is 3.65. The van der Waals surface area contributed by atoms with E-state index in [0.717, 1.165) is 30.0 Å². The van der Waals surface area contributed by atoms with Crippen LogP contribution in [0.25, 0.3) is 0 Å². The van der Waals surface area contributed by atoms with Gasteiger partial charge >= 0.3 is 6.03 Å². The van der Waals surface area contributed by atoms with E-state index in [9.17, 15) is 14.4 Å². The number of amides is 4. The van der Waals surface area contributed by atoms with Gasteiger partial charge in [-0.05, 0) is 63.1 Å². The summed E-state index contributed by atoms with van der Waals surface area (Å²) in [4.78, 5) is 39.7. The third kappa shape index (κ3) is 6.44. The Labute approximate surface area is 196 Å². The van der Waals surface area contributed by atoms with Gasteiger partial charge < -0.3 is 16.4 Å². The van der Waals surface area contributed by atoms with Crippen molar-refractivity contribution in [3.8, 4) is 0 Å². The number of hydrogen-bond donors (Lipinski definition) is 4. The molecule has 0 saturated heterocycles. The van der Waals surface area contributed by atoms with Crippen molar-refractivity contribution >= 4 is 51.5 Å². The maximum absolute atomic E-state index is 12.5. The molecule has 0 radical (unpaired) electrons. The Kier molecular flexibility index (Phi) is 8.11. The lowest BCUT2D eigenvalue weighted by Crippen LogP contribution is -2.33. The molecule has 1 aliphatic rings. The second-order valence-corrected chi connectivity index (χ2v) is 9.55. The van der Waals surface area contributed by atoms with Gasteiger partial charge in [-0.2, -0.15) is 0 Å². The van der Waals surface area contributed by atoms with Crippen LogP contribution in [-0.2, 0) is 17.8 Å². The molecule has 1 aliphatic heterocycles. The number of thiophene rings is 1. The van der Waals surface area contributed by atoms with E-state index in [1.54, 1.807) is 24.3 Å². The van der Waals surface area contributed by atoms with Crippen LogP contribution in [-0.4, -0.2) is 41.9 Å². The van der Waals surface area contributed by atoms with Crippen molar-refractivity contribution < 1.29 is 14.4 Å². The SMILES string of the molecule is CC(C)NC(=O)CCCN1CCc2c(sc(NC(=O)Nc3ccc(Cl)cc3)c2C(N)=O)C1. The summed E-state index contributed by atoms with van der Waals surface area (Å²) in [6, 6.07) is 6.42. The first-order valence-electron chi connectivity index (χ1n) is 10.5. The minimum atomic E-state index is -0.553. The summed E-state index contributed by atoms with van der Waals surface area (Å²) in [6.45, 7) is 6.10. The van der Waals surface area contributed by atoms with Gasteiger partial charge in [0.2, 0.25) is 5.91 Å². The fraction of sp³-hybridized carbons (Fsp3) is 0.409. The molecule has 172 valence electrons. The molecule has 4 amide bonds. The molecule has 0 unspecified atom stereocenters. The molecule has 3 rings (SSSR count). The van der Waals surface area contributed by atoms with Crippen molar-refractivity contribution in [2.45, 2.75) is 45.7 Å². The highest BCUT2D eigenvalue weighted by Crippen LogP contribution is 2.37. The Morgan fingerprint density at radius 3 is 2.56 bits per heavy atom. The minimum absolute atomic E-state index is 0.0584. The Balaban J connectivity index is 1.62. The lowest BCUT2D eigenvalue weighted by Gasteiger charge is -2.26. The molecule has 10 heteroatoms. The number of halogens is 1. The lowest BCUT2D eigenvalue weighted by atomic mass is 10.0. The average Bonchev–Trinajstić information content (AvgIpc) is 3.06. The van der Waals surface area contributed by atoms with Crippen molar-refractivity contribution in [3.63, 3.8) is 0 Å². The number of benzene rings is 1. The van der Waals surface area contributed by atoms with Gasteiger partial charge in [0.15, 0.2) is 0 Å². The lowest BCUT2D eigenvalue weighted by molar-refractivity contribution is -0.121. The molecule has 1 aromatic heterocycles. The van der Waals surface area contributed by atoms with Crippen molar-refractivity contribution in [2.24, 2.45) is 5.73 Å². The number of fused-ring (bicyclic) bond motifs is 1. The molecule has 0 fully saturated rings. The van der Waals surface area contributed by atoms with Gasteiger partial charge in [0.1, 0.15) is 5.00 Å². The van der Waals surface area contributed by atoms with E-state index < -0.39 is 11.9 Å². The molecule has 0 atom stereocenters. The van der Waals surface area contributed by atoms with Crippen molar-refractivity contribution in [1.82, 2.24) is 10.2 Å². The van der Waals surface area contributed by atoms with Crippen molar-refractivity contribution in [1.29, 1.82) is 0 Å². The quantitative estimate of drug-likeness (QED) is 0.462. The van der Waals surface area contributed by atoms with Gasteiger partial charge in [0, 0.05) is 41.1 Å². The third-order valence-corrected chi connectivity index (χ3v) is 6.42. The number of rotatable bonds is 8. The molecule has 2 aromatic rings. The van der Waals surface area contributed by atoms with Crippen molar-refractivity contribution in [2.75, 3.05) is 23.7 Å². The van der Waals surface area contributed by atoms with Crippen LogP contribution in [0.5, 0.6) is 0 Å². The van der Waals surface area contributed by atoms with Crippen LogP contribution < -0.4 is 21.7 Å². The van der Waals surface area contributed by atoms with E-state index in [1.165, 1.54) is 11.3 Å². The topological polar surface area (TPSA) is 117 Å². The van der Waals surface area contributed by atoms with E-state index in [0.29, 0.717) is 40.7 Å². The number of hydrogen-bond acceptors (Lipinski definition) is 5. The summed E-state index contributed by atoms with van der Waals surface area (Å²) >= 11 is 7.24. The van der Waals surface area contributed by atoms with Gasteiger partial charge in [0.05, 0.1) is 5.56 Å². The number of urea groups is 1. The van der Waals surface area contributed by atoms with E-state index in [4.69, 9.17) is 17.3 Å². The molecular weight excluding hydrogens is 450 g/mol. The molecule has 0 saturated carbocycles. The number of carbonyl (C=O) groups excluding carboxylic acids is 3.